The lowest BCUT2D eigenvalue weighted by molar-refractivity contribution is -0.254. The molecular formula is C48H76N2O9. The van der Waals surface area contributed by atoms with Crippen LogP contribution in [0.5, 0.6) is 0 Å². The molecule has 59 heavy (non-hydrogen) atoms. The van der Waals surface area contributed by atoms with Gasteiger partial charge in [0, 0.05) is 23.9 Å². The lowest BCUT2D eigenvalue weighted by Gasteiger charge is -2.73. The van der Waals surface area contributed by atoms with Crippen molar-refractivity contribution in [2.75, 3.05) is 39.4 Å². The molecule has 2 N–H and O–H groups in total. The number of piperazine rings is 1. The van der Waals surface area contributed by atoms with Crippen LogP contribution < -0.4 is 0 Å². The second kappa shape index (κ2) is 14.4. The van der Waals surface area contributed by atoms with Crippen LogP contribution in [-0.4, -0.2) is 96.1 Å². The van der Waals surface area contributed by atoms with Crippen molar-refractivity contribution >= 4 is 24.3 Å². The molecule has 0 aromatic heterocycles. The summed E-state index contributed by atoms with van der Waals surface area (Å²) in [6, 6.07) is 0. The van der Waals surface area contributed by atoms with E-state index in [0.29, 0.717) is 80.0 Å². The number of esters is 1. The lowest BCUT2D eigenvalue weighted by atomic mass is 9.32. The van der Waals surface area contributed by atoms with E-state index in [4.69, 9.17) is 14.3 Å². The molecular weight excluding hydrogens is 749 g/mol. The smallest absolute Gasteiger partial charge is 0.335 e. The van der Waals surface area contributed by atoms with Crippen LogP contribution in [0.15, 0.2) is 0 Å². The molecule has 1 heterocycles. The molecule has 0 unspecified atom stereocenters. The zero-order valence-electron chi connectivity index (χ0n) is 37.8. The van der Waals surface area contributed by atoms with Crippen molar-refractivity contribution < 1.29 is 43.7 Å². The number of hydrogen-bond donors (Lipinski definition) is 2. The Morgan fingerprint density at radius 3 is 2.00 bits per heavy atom. The second-order valence-corrected chi connectivity index (χ2v) is 23.7. The van der Waals surface area contributed by atoms with Gasteiger partial charge in [0.1, 0.15) is 17.6 Å². The highest BCUT2D eigenvalue weighted by Gasteiger charge is 2.74. The van der Waals surface area contributed by atoms with Gasteiger partial charge < -0.3 is 29.4 Å². The van der Waals surface area contributed by atoms with Crippen LogP contribution in [0.25, 0.3) is 0 Å². The summed E-state index contributed by atoms with van der Waals surface area (Å²) in [4.78, 5) is 60.5. The zero-order valence-corrected chi connectivity index (χ0v) is 37.8. The van der Waals surface area contributed by atoms with Gasteiger partial charge in [0.05, 0.1) is 37.6 Å². The lowest BCUT2D eigenvalue weighted by Crippen LogP contribution is -2.68. The van der Waals surface area contributed by atoms with Crippen molar-refractivity contribution in [3.05, 3.63) is 0 Å². The van der Waals surface area contributed by atoms with Crippen LogP contribution in [0.4, 0.5) is 0 Å². The van der Waals surface area contributed by atoms with Crippen LogP contribution in [0.3, 0.4) is 0 Å². The van der Waals surface area contributed by atoms with E-state index in [2.05, 4.69) is 46.4 Å². The maximum Gasteiger partial charge on any atom is 0.335 e. The summed E-state index contributed by atoms with van der Waals surface area (Å²) in [5.74, 6) is 1.70. The fourth-order valence-electron chi connectivity index (χ4n) is 16.0. The summed E-state index contributed by atoms with van der Waals surface area (Å²) < 4.78 is 11.8. The average Bonchev–Trinajstić information content (AvgIpc) is 3.81. The normalized spacial score (nSPS) is 44.4. The molecule has 0 spiro atoms. The first-order valence-electron chi connectivity index (χ1n) is 23.4. The number of ether oxygens (including phenoxy) is 2. The monoisotopic (exact) mass is 825 g/mol. The minimum atomic E-state index is -1.37. The molecule has 0 aromatic carbocycles. The van der Waals surface area contributed by atoms with Gasteiger partial charge in [-0.2, -0.15) is 0 Å². The molecule has 1 aliphatic heterocycles. The fourth-order valence-corrected chi connectivity index (χ4v) is 16.0. The number of carbonyl (C=O) groups excluding carboxylic acids is 4. The Balaban J connectivity index is 1.00. The number of amides is 1. The third kappa shape index (κ3) is 6.24. The van der Waals surface area contributed by atoms with E-state index in [-0.39, 0.29) is 51.2 Å². The number of aliphatic hydroxyl groups is 2. The predicted molar refractivity (Wildman–Crippen MR) is 221 cm³/mol. The van der Waals surface area contributed by atoms with E-state index in [1.165, 1.54) is 32.6 Å². The van der Waals surface area contributed by atoms with Gasteiger partial charge in [-0.25, -0.2) is 4.79 Å². The van der Waals surface area contributed by atoms with Crippen molar-refractivity contribution in [2.45, 2.75) is 158 Å². The number of fused-ring (bicyclic) bond motifs is 7. The number of carbonyl (C=O) groups is 4. The van der Waals surface area contributed by atoms with Gasteiger partial charge >= 0.3 is 11.9 Å². The third-order valence-electron chi connectivity index (χ3n) is 20.6. The van der Waals surface area contributed by atoms with Crippen LogP contribution in [0.2, 0.25) is 0 Å². The van der Waals surface area contributed by atoms with Crippen LogP contribution in [-0.2, 0) is 33.5 Å². The summed E-state index contributed by atoms with van der Waals surface area (Å²) in [6.45, 7) is 21.9. The fraction of sp³-hybridized carbons (Fsp3) is 0.917. The average molecular weight is 825 g/mol. The quantitative estimate of drug-likeness (QED) is 0.175. The number of rotatable bonds is 10. The van der Waals surface area contributed by atoms with Gasteiger partial charge in [-0.05, 0) is 142 Å². The molecule has 11 nitrogen and oxygen atoms in total. The third-order valence-corrected chi connectivity index (χ3v) is 20.6. The SMILES string of the molecule is CC(CO)(CO)C(=O)ON1CCN(C(=O)[C@]23CC[C@@H](C4(C)CC4)[C@@H]2[C@H]2CC[C@@H]4[C@@]5(C)CC[C@H](OC(=O)[C@H]6C[C@@H](OC=O)C6(C)C)C(C)(C)[C@@H]5CC[C@@]4(C)[C@]2(C)CC3)CC1. The maximum absolute atomic E-state index is 15.2. The Kier molecular flexibility index (Phi) is 10.6. The molecule has 7 aliphatic carbocycles. The first-order valence-corrected chi connectivity index (χ1v) is 23.4. The van der Waals surface area contributed by atoms with Gasteiger partial charge in [0.25, 0.3) is 6.47 Å². The standard InChI is InChI=1S/C48H76N2O9/c1-41(2)32(26-36(41)57-29-53)38(54)58-35-14-15-45(7)33(42(35,3)4)13-16-47(9)34(45)11-10-31-37-30(43(5)18-19-43)12-17-48(37,21-20-46(31,47)8)39(55)49-22-24-50(25-23-49)59-40(56)44(6,27-51)28-52/h29-37,51-52H,10-28H2,1-9H3/t30-,31-,32-,33+,34-,35+,36-,37-,45+,46-,47-,48+/m1/s1. The number of nitrogens with zero attached hydrogens (tertiary/aromatic N) is 2. The Morgan fingerprint density at radius 1 is 0.712 bits per heavy atom. The van der Waals surface area contributed by atoms with Gasteiger partial charge in [0.15, 0.2) is 0 Å². The Hall–Kier alpha value is -2.24. The molecule has 0 aromatic rings. The number of hydroxylamine groups is 2. The minimum Gasteiger partial charge on any atom is -0.464 e. The van der Waals surface area contributed by atoms with Crippen molar-refractivity contribution in [1.29, 1.82) is 0 Å². The Labute approximate surface area is 353 Å². The minimum absolute atomic E-state index is 0.120. The molecule has 1 amide bonds. The van der Waals surface area contributed by atoms with Crippen LogP contribution in [0, 0.1) is 78.8 Å². The van der Waals surface area contributed by atoms with Crippen LogP contribution in [0.1, 0.15) is 146 Å². The molecule has 8 fully saturated rings. The highest BCUT2D eigenvalue weighted by molar-refractivity contribution is 5.84. The molecule has 7 saturated carbocycles. The zero-order chi connectivity index (χ0) is 42.8. The summed E-state index contributed by atoms with van der Waals surface area (Å²) in [5, 5.41) is 21.0. The van der Waals surface area contributed by atoms with Crippen molar-refractivity contribution in [3.8, 4) is 0 Å². The van der Waals surface area contributed by atoms with Gasteiger partial charge in [-0.3, -0.25) is 14.4 Å². The largest absolute Gasteiger partial charge is 0.464 e. The van der Waals surface area contributed by atoms with E-state index >= 15 is 4.79 Å². The first-order chi connectivity index (χ1) is 27.6. The van der Waals surface area contributed by atoms with E-state index in [9.17, 15) is 24.6 Å². The topological polar surface area (TPSA) is 143 Å². The molecule has 8 rings (SSSR count). The molecule has 8 aliphatic rings. The molecule has 12 atom stereocenters. The van der Waals surface area contributed by atoms with E-state index < -0.39 is 30.0 Å². The maximum atomic E-state index is 15.2. The summed E-state index contributed by atoms with van der Waals surface area (Å²) >= 11 is 0. The summed E-state index contributed by atoms with van der Waals surface area (Å²) in [6.07, 6.45) is 13.4. The molecule has 0 bridgehead atoms. The molecule has 0 radical (unpaired) electrons. The Bertz CT molecular complexity index is 1680. The number of aliphatic hydroxyl groups excluding tert-OH is 2. The van der Waals surface area contributed by atoms with Gasteiger partial charge in [-0.15, -0.1) is 5.06 Å². The summed E-state index contributed by atoms with van der Waals surface area (Å²) in [7, 11) is 0. The van der Waals surface area contributed by atoms with E-state index in [0.717, 1.165) is 51.4 Å². The highest BCUT2D eigenvalue weighted by Crippen LogP contribution is 2.79. The van der Waals surface area contributed by atoms with Crippen molar-refractivity contribution in [1.82, 2.24) is 9.96 Å². The Morgan fingerprint density at radius 2 is 1.39 bits per heavy atom. The van der Waals surface area contributed by atoms with Gasteiger partial charge in [-0.1, -0.05) is 55.4 Å². The molecule has 1 saturated heterocycles. The van der Waals surface area contributed by atoms with Crippen molar-refractivity contribution in [2.24, 2.45) is 78.8 Å². The first kappa shape index (κ1) is 43.4. The van der Waals surface area contributed by atoms with E-state index in [1.807, 2.05) is 13.8 Å². The van der Waals surface area contributed by atoms with Crippen LogP contribution >= 0.6 is 0 Å². The van der Waals surface area contributed by atoms with E-state index in [1.54, 1.807) is 5.06 Å². The highest BCUT2D eigenvalue weighted by atomic mass is 16.7. The van der Waals surface area contributed by atoms with Gasteiger partial charge in [0.2, 0.25) is 5.91 Å². The molecule has 11 heteroatoms. The predicted octanol–water partition coefficient (Wildman–Crippen LogP) is 6.96. The summed E-state index contributed by atoms with van der Waals surface area (Å²) in [5.41, 5.74) is -1.60. The second-order valence-electron chi connectivity index (χ2n) is 23.7. The van der Waals surface area contributed by atoms with Crippen molar-refractivity contribution in [3.63, 3.8) is 0 Å². The molecule has 332 valence electrons. The number of hydrogen-bond acceptors (Lipinski definition) is 10.